The van der Waals surface area contributed by atoms with Gasteiger partial charge in [0.2, 0.25) is 5.89 Å². The molecule has 1 aromatic heterocycles. The molecule has 23 heavy (non-hydrogen) atoms. The number of benzene rings is 2. The van der Waals surface area contributed by atoms with Gasteiger partial charge in [-0.15, -0.1) is 16.9 Å². The Labute approximate surface area is 135 Å². The molecule has 0 saturated heterocycles. The zero-order chi connectivity index (χ0) is 16.2. The molecule has 0 fully saturated rings. The number of rotatable bonds is 4. The van der Waals surface area contributed by atoms with Crippen LogP contribution in [0.4, 0.5) is 10.4 Å². The lowest BCUT2D eigenvalue weighted by Crippen LogP contribution is -2.13. The minimum Gasteiger partial charge on any atom is -0.403 e. The zero-order valence-electron chi connectivity index (χ0n) is 12.1. The van der Waals surface area contributed by atoms with Crippen molar-refractivity contribution in [3.8, 4) is 11.5 Å². The maximum absolute atomic E-state index is 13.2. The van der Waals surface area contributed by atoms with Crippen LogP contribution in [0.15, 0.2) is 57.8 Å². The third kappa shape index (κ3) is 3.40. The van der Waals surface area contributed by atoms with E-state index in [1.54, 1.807) is 24.3 Å². The van der Waals surface area contributed by atoms with Gasteiger partial charge in [0, 0.05) is 10.5 Å². The van der Waals surface area contributed by atoms with E-state index in [-0.39, 0.29) is 17.8 Å². The third-order valence-corrected chi connectivity index (χ3v) is 3.86. The highest BCUT2D eigenvalue weighted by atomic mass is 32.2. The monoisotopic (exact) mass is 329 g/mol. The molecule has 3 aromatic rings. The normalized spacial score (nSPS) is 10.5. The van der Waals surface area contributed by atoms with E-state index in [2.05, 4.69) is 15.5 Å². The topological polar surface area (TPSA) is 68.0 Å². The van der Waals surface area contributed by atoms with Crippen LogP contribution in [0.3, 0.4) is 0 Å². The summed E-state index contributed by atoms with van der Waals surface area (Å²) in [5.41, 5.74) is 0.966. The summed E-state index contributed by atoms with van der Waals surface area (Å²) in [4.78, 5) is 13.1. The molecule has 0 atom stereocenters. The number of anilines is 1. The molecule has 0 spiro atoms. The van der Waals surface area contributed by atoms with Gasteiger partial charge in [-0.3, -0.25) is 10.1 Å². The van der Waals surface area contributed by atoms with Gasteiger partial charge in [0.05, 0.1) is 5.56 Å². The van der Waals surface area contributed by atoms with Crippen molar-refractivity contribution in [1.82, 2.24) is 10.2 Å². The summed E-state index contributed by atoms with van der Waals surface area (Å²) in [6.45, 7) is 0. The summed E-state index contributed by atoms with van der Waals surface area (Å²) in [7, 11) is 0. The number of hydrogen-bond acceptors (Lipinski definition) is 5. The Morgan fingerprint density at radius 2 is 2.00 bits per heavy atom. The predicted octanol–water partition coefficient (Wildman–Crippen LogP) is 3.85. The number of thioether (sulfide) groups is 1. The van der Waals surface area contributed by atoms with Crippen LogP contribution in [-0.4, -0.2) is 22.4 Å². The van der Waals surface area contributed by atoms with Gasteiger partial charge in [0.15, 0.2) is 0 Å². The van der Waals surface area contributed by atoms with Crippen LogP contribution in [0.5, 0.6) is 0 Å². The molecule has 5 nitrogen and oxygen atoms in total. The van der Waals surface area contributed by atoms with Crippen molar-refractivity contribution < 1.29 is 13.6 Å². The van der Waals surface area contributed by atoms with Crippen LogP contribution >= 0.6 is 11.8 Å². The first-order valence-corrected chi connectivity index (χ1v) is 7.93. The number of halogens is 1. The fraction of sp³-hybridized carbons (Fsp3) is 0.0625. The van der Waals surface area contributed by atoms with Crippen molar-refractivity contribution in [1.29, 1.82) is 0 Å². The van der Waals surface area contributed by atoms with Crippen LogP contribution in [0, 0.1) is 5.82 Å². The van der Waals surface area contributed by atoms with Gasteiger partial charge in [-0.25, -0.2) is 4.39 Å². The average Bonchev–Trinajstić information content (AvgIpc) is 3.03. The van der Waals surface area contributed by atoms with Gasteiger partial charge in [0.1, 0.15) is 5.82 Å². The molecule has 1 N–H and O–H groups in total. The average molecular weight is 329 g/mol. The quantitative estimate of drug-likeness (QED) is 0.736. The minimum atomic E-state index is -0.403. The highest BCUT2D eigenvalue weighted by Gasteiger charge is 2.15. The molecule has 0 aliphatic rings. The Morgan fingerprint density at radius 1 is 1.17 bits per heavy atom. The molecule has 0 aliphatic carbocycles. The number of carbonyl (C=O) groups is 1. The fourth-order valence-corrected chi connectivity index (χ4v) is 2.60. The predicted molar refractivity (Wildman–Crippen MR) is 85.9 cm³/mol. The molecule has 1 heterocycles. The first-order chi connectivity index (χ1) is 11.2. The number of hydrogen-bond donors (Lipinski definition) is 1. The molecule has 7 heteroatoms. The third-order valence-electron chi connectivity index (χ3n) is 3.07. The highest BCUT2D eigenvalue weighted by molar-refractivity contribution is 7.98. The van der Waals surface area contributed by atoms with Crippen LogP contribution in [0.1, 0.15) is 10.4 Å². The maximum Gasteiger partial charge on any atom is 0.322 e. The van der Waals surface area contributed by atoms with Crippen molar-refractivity contribution >= 4 is 23.7 Å². The molecule has 2 aromatic carbocycles. The second-order valence-electron chi connectivity index (χ2n) is 4.58. The fourth-order valence-electron chi connectivity index (χ4n) is 2.01. The highest BCUT2D eigenvalue weighted by Crippen LogP contribution is 2.23. The van der Waals surface area contributed by atoms with Gasteiger partial charge in [-0.2, -0.15) is 0 Å². The van der Waals surface area contributed by atoms with E-state index >= 15 is 0 Å². The molecule has 0 aliphatic heterocycles. The smallest absolute Gasteiger partial charge is 0.322 e. The lowest BCUT2D eigenvalue weighted by atomic mass is 10.2. The molecular weight excluding hydrogens is 317 g/mol. The first-order valence-electron chi connectivity index (χ1n) is 6.71. The summed E-state index contributed by atoms with van der Waals surface area (Å²) < 4.78 is 18.6. The van der Waals surface area contributed by atoms with Crippen molar-refractivity contribution in [2.75, 3.05) is 11.6 Å². The van der Waals surface area contributed by atoms with Gasteiger partial charge < -0.3 is 4.42 Å². The van der Waals surface area contributed by atoms with E-state index in [0.29, 0.717) is 11.1 Å². The van der Waals surface area contributed by atoms with E-state index in [0.717, 1.165) is 4.90 Å². The molecule has 116 valence electrons. The van der Waals surface area contributed by atoms with Gasteiger partial charge in [-0.1, -0.05) is 23.3 Å². The van der Waals surface area contributed by atoms with E-state index in [1.807, 2.05) is 18.4 Å². The Balaban J connectivity index is 1.80. The minimum absolute atomic E-state index is 0.0369. The van der Waals surface area contributed by atoms with E-state index in [4.69, 9.17) is 4.42 Å². The number of nitrogens with one attached hydrogen (secondary N) is 1. The Hall–Kier alpha value is -2.67. The summed E-state index contributed by atoms with van der Waals surface area (Å²) in [5, 5.41) is 10.1. The molecule has 0 radical (unpaired) electrons. The van der Waals surface area contributed by atoms with Crippen molar-refractivity contribution in [2.24, 2.45) is 0 Å². The lowest BCUT2D eigenvalue weighted by Gasteiger charge is -2.05. The number of carbonyl (C=O) groups excluding carboxylic acids is 1. The van der Waals surface area contributed by atoms with Gasteiger partial charge in [-0.05, 0) is 36.6 Å². The van der Waals surface area contributed by atoms with Crippen LogP contribution in [-0.2, 0) is 0 Å². The van der Waals surface area contributed by atoms with Gasteiger partial charge >= 0.3 is 6.01 Å². The number of nitrogens with zero attached hydrogens (tertiary/aromatic N) is 2. The standard InChI is InChI=1S/C16H12FN3O2S/c1-23-13-8-3-2-7-12(13)14(21)18-16-20-19-15(22-16)10-5-4-6-11(17)9-10/h2-9H,1H3,(H,18,20,21). The first kappa shape index (κ1) is 15.2. The van der Waals surface area contributed by atoms with Crippen molar-refractivity contribution in [3.05, 3.63) is 59.9 Å². The summed E-state index contributed by atoms with van der Waals surface area (Å²) in [6.07, 6.45) is 1.89. The number of aromatic nitrogens is 2. The summed E-state index contributed by atoms with van der Waals surface area (Å²) in [6, 6.07) is 13.0. The summed E-state index contributed by atoms with van der Waals surface area (Å²) >= 11 is 1.47. The molecule has 3 rings (SSSR count). The Bertz CT molecular complexity index is 851. The molecule has 0 unspecified atom stereocenters. The van der Waals surface area contributed by atoms with Crippen molar-refractivity contribution in [3.63, 3.8) is 0 Å². The Morgan fingerprint density at radius 3 is 2.78 bits per heavy atom. The summed E-state index contributed by atoms with van der Waals surface area (Å²) in [5.74, 6) is -0.609. The van der Waals surface area contributed by atoms with E-state index < -0.39 is 5.82 Å². The second kappa shape index (κ2) is 6.62. The van der Waals surface area contributed by atoms with E-state index in [9.17, 15) is 9.18 Å². The lowest BCUT2D eigenvalue weighted by molar-refractivity contribution is 0.102. The van der Waals surface area contributed by atoms with Crippen LogP contribution < -0.4 is 5.32 Å². The molecule has 1 amide bonds. The second-order valence-corrected chi connectivity index (χ2v) is 5.43. The number of amides is 1. The maximum atomic E-state index is 13.2. The molecule has 0 bridgehead atoms. The molecular formula is C16H12FN3O2S. The van der Waals surface area contributed by atoms with Crippen molar-refractivity contribution in [2.45, 2.75) is 4.90 Å². The SMILES string of the molecule is CSc1ccccc1C(=O)Nc1nnc(-c2cccc(F)c2)o1. The van der Waals surface area contributed by atoms with E-state index in [1.165, 1.54) is 23.9 Å². The Kier molecular flexibility index (Phi) is 4.38. The van der Waals surface area contributed by atoms with Crippen LogP contribution in [0.2, 0.25) is 0 Å². The largest absolute Gasteiger partial charge is 0.403 e. The molecule has 0 saturated carbocycles. The van der Waals surface area contributed by atoms with Gasteiger partial charge in [0.25, 0.3) is 5.91 Å². The zero-order valence-corrected chi connectivity index (χ0v) is 12.9. The van der Waals surface area contributed by atoms with Crippen LogP contribution in [0.25, 0.3) is 11.5 Å².